The molecule has 0 aromatic carbocycles. The molecule has 1 saturated carbocycles. The quantitative estimate of drug-likeness (QED) is 0.246. The van der Waals surface area contributed by atoms with Crippen molar-refractivity contribution in [3.05, 3.63) is 0 Å². The average molecular weight is 352 g/mol. The van der Waals surface area contributed by atoms with E-state index < -0.39 is 61.0 Å². The Balaban J connectivity index is 0.00000139. The number of aliphatic hydroxyl groups is 4. The molecule has 24 heavy (non-hydrogen) atoms. The van der Waals surface area contributed by atoms with Gasteiger partial charge in [-0.2, -0.15) is 0 Å². The Kier molecular flexibility index (Phi) is 8.42. The first-order chi connectivity index (χ1) is 11.3. The molecule has 1 aliphatic heterocycles. The standard InChI is InChI=1S/C12H26N4O6.C2H6/c13-2-5-8(18)9(19)6(16)12(21-5)22-11-4(15)1-3(14)7(17)10(11)20;1-2/h3-12,17-20H,1-2,13-16H2;1-2H3. The molecule has 2 aliphatic rings. The van der Waals surface area contributed by atoms with Crippen LogP contribution >= 0.6 is 0 Å². The first-order valence-electron chi connectivity index (χ1n) is 8.28. The third-order valence-electron chi connectivity index (χ3n) is 4.36. The Bertz CT molecular complexity index is 377. The van der Waals surface area contributed by atoms with Crippen molar-refractivity contribution in [3.8, 4) is 0 Å². The fourth-order valence-electron chi connectivity index (χ4n) is 2.89. The maximum absolute atomic E-state index is 10.1. The molecule has 0 aromatic rings. The number of nitrogens with two attached hydrogens (primary N) is 4. The zero-order chi connectivity index (χ0) is 18.6. The number of hydrogen-bond donors (Lipinski definition) is 8. The zero-order valence-electron chi connectivity index (χ0n) is 14.1. The van der Waals surface area contributed by atoms with E-state index in [4.69, 9.17) is 32.4 Å². The highest BCUT2D eigenvalue weighted by molar-refractivity contribution is 4.99. The Morgan fingerprint density at radius 2 is 1.50 bits per heavy atom. The molecule has 2 rings (SSSR count). The molecule has 0 radical (unpaired) electrons. The van der Waals surface area contributed by atoms with Gasteiger partial charge >= 0.3 is 0 Å². The van der Waals surface area contributed by atoms with E-state index in [1.54, 1.807) is 0 Å². The van der Waals surface area contributed by atoms with E-state index >= 15 is 0 Å². The molecule has 0 aromatic heterocycles. The Morgan fingerprint density at radius 1 is 0.917 bits per heavy atom. The number of ether oxygens (including phenoxy) is 2. The van der Waals surface area contributed by atoms with Crippen LogP contribution in [0, 0.1) is 0 Å². The third kappa shape index (κ3) is 4.41. The molecule has 10 atom stereocenters. The van der Waals surface area contributed by atoms with Gasteiger partial charge in [-0.15, -0.1) is 0 Å². The molecule has 0 amide bonds. The van der Waals surface area contributed by atoms with E-state index in [1.807, 2.05) is 13.8 Å². The zero-order valence-corrected chi connectivity index (χ0v) is 14.1. The summed E-state index contributed by atoms with van der Waals surface area (Å²) >= 11 is 0. The smallest absolute Gasteiger partial charge is 0.176 e. The number of rotatable bonds is 3. The fraction of sp³-hybridized carbons (Fsp3) is 1.00. The van der Waals surface area contributed by atoms with Crippen LogP contribution in [0.5, 0.6) is 0 Å². The van der Waals surface area contributed by atoms with Gasteiger partial charge < -0.3 is 52.8 Å². The second kappa shape index (κ2) is 9.34. The van der Waals surface area contributed by atoms with Crippen molar-refractivity contribution in [2.24, 2.45) is 22.9 Å². The highest BCUT2D eigenvalue weighted by atomic mass is 16.7. The predicted molar refractivity (Wildman–Crippen MR) is 86.5 cm³/mol. The van der Waals surface area contributed by atoms with E-state index in [1.165, 1.54) is 0 Å². The molecule has 1 heterocycles. The molecular formula is C14H32N4O6. The number of aliphatic hydroxyl groups excluding tert-OH is 4. The van der Waals surface area contributed by atoms with E-state index in [0.29, 0.717) is 0 Å². The highest BCUT2D eigenvalue weighted by Crippen LogP contribution is 2.26. The van der Waals surface area contributed by atoms with Gasteiger partial charge in [0.05, 0.1) is 12.1 Å². The van der Waals surface area contributed by atoms with Gasteiger partial charge in [0.2, 0.25) is 0 Å². The van der Waals surface area contributed by atoms with Crippen molar-refractivity contribution in [2.45, 2.75) is 81.3 Å². The maximum Gasteiger partial charge on any atom is 0.176 e. The van der Waals surface area contributed by atoms with Gasteiger partial charge in [0.15, 0.2) is 6.29 Å². The van der Waals surface area contributed by atoms with Crippen molar-refractivity contribution < 1.29 is 29.9 Å². The molecule has 1 saturated heterocycles. The van der Waals surface area contributed by atoms with Gasteiger partial charge in [0, 0.05) is 18.6 Å². The summed E-state index contributed by atoms with van der Waals surface area (Å²) in [5, 5.41) is 39.6. The molecule has 10 heteroatoms. The van der Waals surface area contributed by atoms with Crippen LogP contribution in [0.4, 0.5) is 0 Å². The van der Waals surface area contributed by atoms with E-state index in [9.17, 15) is 20.4 Å². The summed E-state index contributed by atoms with van der Waals surface area (Å²) in [4.78, 5) is 0. The minimum atomic E-state index is -1.31. The molecule has 1 aliphatic carbocycles. The van der Waals surface area contributed by atoms with Crippen molar-refractivity contribution in [1.29, 1.82) is 0 Å². The lowest BCUT2D eigenvalue weighted by molar-refractivity contribution is -0.287. The van der Waals surface area contributed by atoms with Gasteiger partial charge in [-0.05, 0) is 6.42 Å². The minimum Gasteiger partial charge on any atom is -0.389 e. The van der Waals surface area contributed by atoms with Crippen molar-refractivity contribution >= 4 is 0 Å². The van der Waals surface area contributed by atoms with Crippen LogP contribution in [0.3, 0.4) is 0 Å². The van der Waals surface area contributed by atoms with Crippen LogP contribution in [0.15, 0.2) is 0 Å². The third-order valence-corrected chi connectivity index (χ3v) is 4.36. The Hall–Kier alpha value is -0.400. The van der Waals surface area contributed by atoms with Gasteiger partial charge in [0.25, 0.3) is 0 Å². The summed E-state index contributed by atoms with van der Waals surface area (Å²) in [5.41, 5.74) is 22.8. The largest absolute Gasteiger partial charge is 0.389 e. The molecular weight excluding hydrogens is 320 g/mol. The normalized spacial score (nSPS) is 49.2. The molecule has 0 spiro atoms. The second-order valence-electron chi connectivity index (χ2n) is 5.98. The van der Waals surface area contributed by atoms with Crippen molar-refractivity contribution in [3.63, 3.8) is 0 Å². The lowest BCUT2D eigenvalue weighted by Gasteiger charge is -2.45. The molecule has 144 valence electrons. The molecule has 0 bridgehead atoms. The fourth-order valence-corrected chi connectivity index (χ4v) is 2.89. The molecule has 10 nitrogen and oxygen atoms in total. The Labute approximate surface area is 141 Å². The van der Waals surface area contributed by atoms with Crippen LogP contribution in [-0.2, 0) is 9.47 Å². The van der Waals surface area contributed by atoms with Gasteiger partial charge in [0.1, 0.15) is 30.5 Å². The van der Waals surface area contributed by atoms with Crippen LogP contribution in [0.1, 0.15) is 20.3 Å². The van der Waals surface area contributed by atoms with Crippen LogP contribution < -0.4 is 22.9 Å². The predicted octanol–water partition coefficient (Wildman–Crippen LogP) is -4.09. The van der Waals surface area contributed by atoms with Crippen LogP contribution in [0.25, 0.3) is 0 Å². The number of hydrogen-bond acceptors (Lipinski definition) is 10. The topological polar surface area (TPSA) is 203 Å². The SMILES string of the molecule is CC.NCC1OC(OC2C(N)CC(N)C(O)C2O)C(N)C(O)C1O. The van der Waals surface area contributed by atoms with Gasteiger partial charge in [-0.25, -0.2) is 0 Å². The minimum absolute atomic E-state index is 0.0441. The second-order valence-corrected chi connectivity index (χ2v) is 5.98. The van der Waals surface area contributed by atoms with E-state index in [0.717, 1.165) is 0 Å². The van der Waals surface area contributed by atoms with Gasteiger partial charge in [-0.1, -0.05) is 13.8 Å². The average Bonchev–Trinajstić information content (AvgIpc) is 2.58. The summed E-state index contributed by atoms with van der Waals surface area (Å²) in [6.07, 6.45) is -7.73. The Morgan fingerprint density at radius 3 is 2.04 bits per heavy atom. The van der Waals surface area contributed by atoms with Crippen molar-refractivity contribution in [2.75, 3.05) is 6.54 Å². The van der Waals surface area contributed by atoms with E-state index in [-0.39, 0.29) is 13.0 Å². The summed E-state index contributed by atoms with van der Waals surface area (Å²) in [7, 11) is 0. The first-order valence-corrected chi connectivity index (χ1v) is 8.28. The molecule has 12 N–H and O–H groups in total. The van der Waals surface area contributed by atoms with Crippen LogP contribution in [-0.4, -0.2) is 88.0 Å². The lowest BCUT2D eigenvalue weighted by atomic mass is 9.84. The summed E-state index contributed by atoms with van der Waals surface area (Å²) in [6, 6.07) is -2.34. The lowest BCUT2D eigenvalue weighted by Crippen LogP contribution is -2.67. The van der Waals surface area contributed by atoms with Gasteiger partial charge in [-0.3, -0.25) is 0 Å². The highest BCUT2D eigenvalue weighted by Gasteiger charge is 2.47. The summed E-state index contributed by atoms with van der Waals surface area (Å²) in [6.45, 7) is 3.96. The van der Waals surface area contributed by atoms with Crippen LogP contribution in [0.2, 0.25) is 0 Å². The first kappa shape index (κ1) is 21.6. The summed E-state index contributed by atoms with van der Waals surface area (Å²) < 4.78 is 11.0. The van der Waals surface area contributed by atoms with Crippen molar-refractivity contribution in [1.82, 2.24) is 0 Å². The monoisotopic (exact) mass is 352 g/mol. The molecule has 2 fully saturated rings. The molecule has 10 unspecified atom stereocenters. The maximum atomic E-state index is 10.1. The van der Waals surface area contributed by atoms with E-state index in [2.05, 4.69) is 0 Å². The summed E-state index contributed by atoms with van der Waals surface area (Å²) in [5.74, 6) is 0.